The second-order valence-electron chi connectivity index (χ2n) is 2.46. The Labute approximate surface area is 81.7 Å². The number of nitrogens with zero attached hydrogens (tertiary/aromatic N) is 3. The van der Waals surface area contributed by atoms with Gasteiger partial charge in [0, 0.05) is 11.5 Å². The fraction of sp³-hybridized carbons (Fsp3) is 0.125. The molecule has 0 aliphatic heterocycles. The van der Waals surface area contributed by atoms with Crippen molar-refractivity contribution in [3.05, 3.63) is 29.6 Å². The van der Waals surface area contributed by atoms with Crippen LogP contribution in [0, 0.1) is 18.3 Å². The third-order valence-electron chi connectivity index (χ3n) is 1.44. The van der Waals surface area contributed by atoms with Crippen LogP contribution in [0.2, 0.25) is 0 Å². The minimum absolute atomic E-state index is 0.0259. The second-order valence-corrected chi connectivity index (χ2v) is 4.30. The maximum atomic E-state index is 11.3. The lowest BCUT2D eigenvalue weighted by Gasteiger charge is -1.99. The van der Waals surface area contributed by atoms with Crippen LogP contribution in [0.5, 0.6) is 0 Å². The largest absolute Gasteiger partial charge is 0.222 e. The molecule has 0 saturated carbocycles. The van der Waals surface area contributed by atoms with Crippen molar-refractivity contribution in [3.8, 4) is 6.07 Å². The lowest BCUT2D eigenvalue weighted by molar-refractivity contribution is 0.600. The Hall–Kier alpha value is -1.74. The molecule has 0 aliphatic rings. The van der Waals surface area contributed by atoms with Crippen LogP contribution in [0.25, 0.3) is 0 Å². The number of nitriles is 1. The van der Waals surface area contributed by atoms with Crippen LogP contribution in [-0.4, -0.2) is 18.4 Å². The van der Waals surface area contributed by atoms with Crippen LogP contribution >= 0.6 is 0 Å². The fourth-order valence-corrected chi connectivity index (χ4v) is 1.53. The molecule has 0 aromatic carbocycles. The molecule has 0 radical (unpaired) electrons. The van der Waals surface area contributed by atoms with Gasteiger partial charge in [-0.3, -0.25) is 0 Å². The molecule has 0 bridgehead atoms. The summed E-state index contributed by atoms with van der Waals surface area (Å²) < 4.78 is 22.6. The molecular formula is C8H7N3O2S. The summed E-state index contributed by atoms with van der Waals surface area (Å²) >= 11 is 0. The Balaban J connectivity index is 3.46. The van der Waals surface area contributed by atoms with Gasteiger partial charge in [0.15, 0.2) is 5.03 Å². The minimum Gasteiger partial charge on any atom is -0.222 e. The van der Waals surface area contributed by atoms with Gasteiger partial charge in [0.1, 0.15) is 17.6 Å². The molecule has 0 fully saturated rings. The smallest absolute Gasteiger partial charge is 0.216 e. The zero-order valence-electron chi connectivity index (χ0n) is 7.43. The van der Waals surface area contributed by atoms with Crippen LogP contribution in [-0.2, 0) is 9.84 Å². The quantitative estimate of drug-likeness (QED) is 0.665. The number of hydrogen-bond donors (Lipinski definition) is 0. The average Bonchev–Trinajstić information content (AvgIpc) is 2.16. The standard InChI is InChI=1S/C8H7N3O2S/c1-3-14(12,13)8-4-7(5-9)10-6(2)11-8/h3-4H,1H2,2H3. The van der Waals surface area contributed by atoms with E-state index in [2.05, 4.69) is 16.5 Å². The van der Waals surface area contributed by atoms with Crippen LogP contribution in [0.4, 0.5) is 0 Å². The first kappa shape index (κ1) is 10.3. The number of aryl methyl sites for hydroxylation is 1. The van der Waals surface area contributed by atoms with E-state index in [9.17, 15) is 8.42 Å². The van der Waals surface area contributed by atoms with Gasteiger partial charge >= 0.3 is 0 Å². The predicted octanol–water partition coefficient (Wildman–Crippen LogP) is 0.574. The Bertz CT molecular complexity index is 514. The number of hydrogen-bond acceptors (Lipinski definition) is 5. The molecule has 0 spiro atoms. The summed E-state index contributed by atoms with van der Waals surface area (Å²) in [5.41, 5.74) is 0.0259. The molecular weight excluding hydrogens is 202 g/mol. The summed E-state index contributed by atoms with van der Waals surface area (Å²) in [7, 11) is -3.59. The van der Waals surface area contributed by atoms with Crippen molar-refractivity contribution < 1.29 is 8.42 Å². The molecule has 6 heteroatoms. The maximum absolute atomic E-state index is 11.3. The number of sulfone groups is 1. The van der Waals surface area contributed by atoms with Gasteiger partial charge in [0.2, 0.25) is 9.84 Å². The predicted molar refractivity (Wildman–Crippen MR) is 48.9 cm³/mol. The van der Waals surface area contributed by atoms with Gasteiger partial charge in [0.25, 0.3) is 0 Å². The van der Waals surface area contributed by atoms with Gasteiger partial charge in [-0.2, -0.15) is 5.26 Å². The van der Waals surface area contributed by atoms with Crippen LogP contribution in [0.3, 0.4) is 0 Å². The van der Waals surface area contributed by atoms with E-state index in [0.717, 1.165) is 11.5 Å². The molecule has 1 rings (SSSR count). The van der Waals surface area contributed by atoms with E-state index in [-0.39, 0.29) is 16.5 Å². The van der Waals surface area contributed by atoms with Gasteiger partial charge in [-0.1, -0.05) is 6.58 Å². The lowest BCUT2D eigenvalue weighted by Crippen LogP contribution is -2.03. The van der Waals surface area contributed by atoms with Crippen molar-refractivity contribution in [1.82, 2.24) is 9.97 Å². The maximum Gasteiger partial charge on any atom is 0.216 e. The molecule has 0 N–H and O–H groups in total. The summed E-state index contributed by atoms with van der Waals surface area (Å²) in [6, 6.07) is 2.87. The Morgan fingerprint density at radius 2 is 2.21 bits per heavy atom. The third kappa shape index (κ3) is 1.95. The summed E-state index contributed by atoms with van der Waals surface area (Å²) in [6.45, 7) is 4.68. The first-order chi connectivity index (χ1) is 6.49. The van der Waals surface area contributed by atoms with Gasteiger partial charge in [-0.15, -0.1) is 0 Å². The molecule has 1 aromatic heterocycles. The normalized spacial score (nSPS) is 10.6. The zero-order chi connectivity index (χ0) is 10.8. The summed E-state index contributed by atoms with van der Waals surface area (Å²) in [4.78, 5) is 7.43. The molecule has 0 saturated heterocycles. The van der Waals surface area contributed by atoms with E-state index in [1.165, 1.54) is 6.92 Å². The van der Waals surface area contributed by atoms with Gasteiger partial charge in [-0.25, -0.2) is 18.4 Å². The van der Waals surface area contributed by atoms with Crippen LogP contribution < -0.4 is 0 Å². The molecule has 72 valence electrons. The van der Waals surface area contributed by atoms with E-state index in [1.807, 2.05) is 0 Å². The SMILES string of the molecule is C=CS(=O)(=O)c1cc(C#N)nc(C)n1. The van der Waals surface area contributed by atoms with Crippen molar-refractivity contribution >= 4 is 9.84 Å². The van der Waals surface area contributed by atoms with E-state index in [0.29, 0.717) is 0 Å². The van der Waals surface area contributed by atoms with E-state index >= 15 is 0 Å². The highest BCUT2D eigenvalue weighted by Gasteiger charge is 2.13. The van der Waals surface area contributed by atoms with Crippen molar-refractivity contribution in [2.45, 2.75) is 11.9 Å². The third-order valence-corrected chi connectivity index (χ3v) is 2.67. The highest BCUT2D eigenvalue weighted by molar-refractivity contribution is 7.94. The first-order valence-corrected chi connectivity index (χ1v) is 5.17. The van der Waals surface area contributed by atoms with Crippen molar-refractivity contribution in [2.75, 3.05) is 0 Å². The Kier molecular flexibility index (Phi) is 2.63. The molecule has 0 unspecified atom stereocenters. The van der Waals surface area contributed by atoms with Crippen molar-refractivity contribution in [1.29, 1.82) is 5.26 Å². The highest BCUT2D eigenvalue weighted by atomic mass is 32.2. The molecule has 5 nitrogen and oxygen atoms in total. The monoisotopic (exact) mass is 209 g/mol. The lowest BCUT2D eigenvalue weighted by atomic mass is 10.4. The molecule has 0 aliphatic carbocycles. The van der Waals surface area contributed by atoms with Crippen LogP contribution in [0.1, 0.15) is 11.5 Å². The summed E-state index contributed by atoms with van der Waals surface area (Å²) in [5.74, 6) is 0.240. The molecule has 1 aromatic rings. The highest BCUT2D eigenvalue weighted by Crippen LogP contribution is 2.09. The van der Waals surface area contributed by atoms with E-state index in [4.69, 9.17) is 5.26 Å². The average molecular weight is 209 g/mol. The molecule has 1 heterocycles. The Morgan fingerprint density at radius 1 is 1.57 bits per heavy atom. The summed E-state index contributed by atoms with van der Waals surface area (Å²) in [5, 5.41) is 9.15. The number of aromatic nitrogens is 2. The van der Waals surface area contributed by atoms with Crippen molar-refractivity contribution in [2.24, 2.45) is 0 Å². The second kappa shape index (κ2) is 3.55. The van der Waals surface area contributed by atoms with Gasteiger partial charge in [0.05, 0.1) is 0 Å². The van der Waals surface area contributed by atoms with Gasteiger partial charge in [-0.05, 0) is 6.92 Å². The van der Waals surface area contributed by atoms with Crippen LogP contribution in [0.15, 0.2) is 23.1 Å². The van der Waals surface area contributed by atoms with Crippen molar-refractivity contribution in [3.63, 3.8) is 0 Å². The summed E-state index contributed by atoms with van der Waals surface area (Å²) in [6.07, 6.45) is 0. The minimum atomic E-state index is -3.59. The number of rotatable bonds is 2. The topological polar surface area (TPSA) is 83.7 Å². The van der Waals surface area contributed by atoms with Gasteiger partial charge < -0.3 is 0 Å². The zero-order valence-corrected chi connectivity index (χ0v) is 8.24. The molecule has 0 atom stereocenters. The van der Waals surface area contributed by atoms with E-state index in [1.54, 1.807) is 6.07 Å². The fourth-order valence-electron chi connectivity index (χ4n) is 0.829. The molecule has 14 heavy (non-hydrogen) atoms. The molecule has 0 amide bonds. The van der Waals surface area contributed by atoms with E-state index < -0.39 is 9.84 Å². The Morgan fingerprint density at radius 3 is 2.71 bits per heavy atom. The first-order valence-electron chi connectivity index (χ1n) is 3.63.